The Morgan fingerprint density at radius 3 is 2.80 bits per heavy atom. The lowest BCUT2D eigenvalue weighted by Crippen LogP contribution is -2.44. The molecule has 1 aliphatic carbocycles. The fraction of sp³-hybridized carbons (Fsp3) is 0.533. The number of hydrogen-bond acceptors (Lipinski definition) is 3. The maximum atomic E-state index is 12.7. The van der Waals surface area contributed by atoms with Gasteiger partial charge in [-0.25, -0.2) is 0 Å². The van der Waals surface area contributed by atoms with Gasteiger partial charge in [0.2, 0.25) is 0 Å². The van der Waals surface area contributed by atoms with Gasteiger partial charge in [-0.2, -0.15) is 0 Å². The summed E-state index contributed by atoms with van der Waals surface area (Å²) in [6.45, 7) is 0.714. The van der Waals surface area contributed by atoms with Crippen molar-refractivity contribution in [1.82, 2.24) is 4.90 Å². The van der Waals surface area contributed by atoms with Crippen LogP contribution in [0.3, 0.4) is 0 Å². The van der Waals surface area contributed by atoms with E-state index in [9.17, 15) is 9.90 Å². The fourth-order valence-electron chi connectivity index (χ4n) is 2.39. The molecule has 0 unspecified atom stereocenters. The predicted molar refractivity (Wildman–Crippen MR) is 81.7 cm³/mol. The number of para-hydroxylation sites is 1. The maximum Gasteiger partial charge on any atom is 0.258 e. The number of carbonyl (C=O) groups excluding carboxylic acids is 1. The molecule has 0 saturated heterocycles. The van der Waals surface area contributed by atoms with Crippen LogP contribution in [-0.2, 0) is 0 Å². The van der Waals surface area contributed by atoms with Crippen LogP contribution >= 0.6 is 15.9 Å². The van der Waals surface area contributed by atoms with Gasteiger partial charge in [0, 0.05) is 17.9 Å². The van der Waals surface area contributed by atoms with Crippen LogP contribution in [0.25, 0.3) is 0 Å². The Hall–Kier alpha value is -1.23. The third kappa shape index (κ3) is 3.08. The number of aromatic hydroxyl groups is 1. The molecular formula is C15H20BrNO3. The van der Waals surface area contributed by atoms with Gasteiger partial charge in [0.25, 0.3) is 5.91 Å². The van der Waals surface area contributed by atoms with Crippen molar-refractivity contribution >= 4 is 21.8 Å². The molecule has 1 aromatic rings. The molecule has 1 saturated carbocycles. The van der Waals surface area contributed by atoms with E-state index in [1.54, 1.807) is 18.2 Å². The number of phenolic OH excluding ortho intramolecular Hbond substituents is 1. The first-order valence-electron chi connectivity index (χ1n) is 6.92. The average molecular weight is 342 g/mol. The van der Waals surface area contributed by atoms with E-state index in [1.807, 2.05) is 4.90 Å². The number of benzene rings is 1. The third-order valence-electron chi connectivity index (χ3n) is 3.76. The molecule has 0 atom stereocenters. The quantitative estimate of drug-likeness (QED) is 0.808. The number of ether oxygens (including phenoxy) is 1. The van der Waals surface area contributed by atoms with E-state index in [-0.39, 0.29) is 11.7 Å². The molecule has 4 nitrogen and oxygen atoms in total. The van der Waals surface area contributed by atoms with Crippen molar-refractivity contribution in [3.8, 4) is 11.5 Å². The van der Waals surface area contributed by atoms with Crippen LogP contribution in [0.2, 0.25) is 0 Å². The van der Waals surface area contributed by atoms with Crippen molar-refractivity contribution in [2.24, 2.45) is 0 Å². The highest BCUT2D eigenvalue weighted by Crippen LogP contribution is 2.33. The smallest absolute Gasteiger partial charge is 0.258 e. The van der Waals surface area contributed by atoms with E-state index in [2.05, 4.69) is 15.9 Å². The average Bonchev–Trinajstić information content (AvgIpc) is 2.40. The van der Waals surface area contributed by atoms with Crippen LogP contribution in [0, 0.1) is 0 Å². The van der Waals surface area contributed by atoms with Gasteiger partial charge in [-0.05, 0) is 37.8 Å². The molecule has 0 bridgehead atoms. The lowest BCUT2D eigenvalue weighted by atomic mass is 9.90. The van der Waals surface area contributed by atoms with Gasteiger partial charge >= 0.3 is 0 Å². The van der Waals surface area contributed by atoms with Crippen LogP contribution in [-0.4, -0.2) is 40.9 Å². The molecule has 2 rings (SSSR count). The highest BCUT2D eigenvalue weighted by atomic mass is 79.9. The monoisotopic (exact) mass is 341 g/mol. The summed E-state index contributed by atoms with van der Waals surface area (Å²) in [7, 11) is 1.48. The Balaban J connectivity index is 2.22. The number of methoxy groups -OCH3 is 1. The van der Waals surface area contributed by atoms with Gasteiger partial charge in [-0.1, -0.05) is 22.0 Å². The van der Waals surface area contributed by atoms with Crippen LogP contribution in [0.15, 0.2) is 18.2 Å². The third-order valence-corrected chi connectivity index (χ3v) is 4.32. The molecule has 0 radical (unpaired) electrons. The van der Waals surface area contributed by atoms with Crippen LogP contribution in [0.5, 0.6) is 11.5 Å². The van der Waals surface area contributed by atoms with Gasteiger partial charge in [0.05, 0.1) is 12.7 Å². The number of alkyl halides is 1. The molecule has 1 fully saturated rings. The Labute approximate surface area is 127 Å². The largest absolute Gasteiger partial charge is 0.504 e. The molecule has 20 heavy (non-hydrogen) atoms. The van der Waals surface area contributed by atoms with Crippen molar-refractivity contribution in [2.45, 2.75) is 31.7 Å². The SMILES string of the molecule is COc1cccc(C(=O)N(CCCBr)C2CCC2)c1O. The summed E-state index contributed by atoms with van der Waals surface area (Å²) in [6, 6.07) is 5.35. The normalized spacial score (nSPS) is 14.7. The van der Waals surface area contributed by atoms with Crippen molar-refractivity contribution < 1.29 is 14.6 Å². The summed E-state index contributed by atoms with van der Waals surface area (Å²) in [6.07, 6.45) is 4.19. The Morgan fingerprint density at radius 1 is 1.50 bits per heavy atom. The zero-order valence-electron chi connectivity index (χ0n) is 11.6. The first-order valence-corrected chi connectivity index (χ1v) is 8.04. The predicted octanol–water partition coefficient (Wildman–Crippen LogP) is 3.18. The van der Waals surface area contributed by atoms with Crippen LogP contribution < -0.4 is 4.74 Å². The molecule has 1 N–H and O–H groups in total. The minimum absolute atomic E-state index is 0.0665. The van der Waals surface area contributed by atoms with E-state index in [0.29, 0.717) is 23.9 Å². The van der Waals surface area contributed by atoms with Gasteiger partial charge in [0.1, 0.15) is 0 Å². The van der Waals surface area contributed by atoms with Crippen molar-refractivity contribution in [1.29, 1.82) is 0 Å². The summed E-state index contributed by atoms with van der Waals surface area (Å²) in [5.41, 5.74) is 0.325. The van der Waals surface area contributed by atoms with E-state index in [4.69, 9.17) is 4.74 Å². The van der Waals surface area contributed by atoms with Crippen molar-refractivity contribution in [3.63, 3.8) is 0 Å². The van der Waals surface area contributed by atoms with Gasteiger partial charge < -0.3 is 14.7 Å². The number of hydrogen-bond donors (Lipinski definition) is 1. The zero-order valence-corrected chi connectivity index (χ0v) is 13.2. The Kier molecular flexibility index (Phi) is 5.29. The summed E-state index contributed by atoms with van der Waals surface area (Å²) in [4.78, 5) is 14.6. The van der Waals surface area contributed by atoms with E-state index < -0.39 is 0 Å². The fourth-order valence-corrected chi connectivity index (χ4v) is 2.64. The second-order valence-electron chi connectivity index (χ2n) is 4.98. The van der Waals surface area contributed by atoms with Gasteiger partial charge in [-0.15, -0.1) is 0 Å². The first kappa shape index (κ1) is 15.2. The number of rotatable bonds is 6. The molecule has 0 aromatic heterocycles. The number of amides is 1. The lowest BCUT2D eigenvalue weighted by molar-refractivity contribution is 0.0577. The summed E-state index contributed by atoms with van der Waals surface area (Å²) in [5.74, 6) is 0.167. The Morgan fingerprint density at radius 2 is 2.25 bits per heavy atom. The summed E-state index contributed by atoms with van der Waals surface area (Å²) < 4.78 is 5.07. The maximum absolute atomic E-state index is 12.7. The van der Waals surface area contributed by atoms with E-state index in [0.717, 1.165) is 24.6 Å². The number of carbonyl (C=O) groups is 1. The van der Waals surface area contributed by atoms with Crippen molar-refractivity contribution in [3.05, 3.63) is 23.8 Å². The van der Waals surface area contributed by atoms with E-state index >= 15 is 0 Å². The van der Waals surface area contributed by atoms with Gasteiger partial charge in [0.15, 0.2) is 11.5 Å². The molecule has 0 aliphatic heterocycles. The molecule has 110 valence electrons. The number of nitrogens with zero attached hydrogens (tertiary/aromatic N) is 1. The number of halogens is 1. The molecule has 0 spiro atoms. The minimum atomic E-state index is -0.105. The highest BCUT2D eigenvalue weighted by molar-refractivity contribution is 9.09. The van der Waals surface area contributed by atoms with Crippen LogP contribution in [0.4, 0.5) is 0 Å². The molecule has 5 heteroatoms. The lowest BCUT2D eigenvalue weighted by Gasteiger charge is -2.37. The molecule has 1 aliphatic rings. The minimum Gasteiger partial charge on any atom is -0.504 e. The number of phenols is 1. The standard InChI is InChI=1S/C15H20BrNO3/c1-20-13-8-3-7-12(14(13)18)15(19)17(10-4-9-16)11-5-2-6-11/h3,7-8,11,18H,2,4-6,9-10H2,1H3. The first-order chi connectivity index (χ1) is 9.69. The van der Waals surface area contributed by atoms with Gasteiger partial charge in [-0.3, -0.25) is 4.79 Å². The van der Waals surface area contributed by atoms with Crippen LogP contribution in [0.1, 0.15) is 36.0 Å². The molecule has 1 aromatic carbocycles. The summed E-state index contributed by atoms with van der Waals surface area (Å²) in [5, 5.41) is 11.0. The van der Waals surface area contributed by atoms with Crippen molar-refractivity contribution in [2.75, 3.05) is 19.0 Å². The molecular weight excluding hydrogens is 322 g/mol. The molecule has 0 heterocycles. The second-order valence-corrected chi connectivity index (χ2v) is 5.78. The summed E-state index contributed by atoms with van der Waals surface area (Å²) >= 11 is 3.40. The zero-order chi connectivity index (χ0) is 14.5. The topological polar surface area (TPSA) is 49.8 Å². The van der Waals surface area contributed by atoms with E-state index in [1.165, 1.54) is 13.5 Å². The highest BCUT2D eigenvalue weighted by Gasteiger charge is 2.30. The Bertz CT molecular complexity index is 474. The second kappa shape index (κ2) is 6.97. The molecule has 1 amide bonds.